The highest BCUT2D eigenvalue weighted by Crippen LogP contribution is 2.11. The van der Waals surface area contributed by atoms with E-state index in [-0.39, 0.29) is 5.56 Å². The summed E-state index contributed by atoms with van der Waals surface area (Å²) in [4.78, 5) is 20.0. The number of rotatable bonds is 3. The molecule has 0 aliphatic heterocycles. The van der Waals surface area contributed by atoms with Crippen LogP contribution in [-0.2, 0) is 6.54 Å². The number of aromatic nitrogens is 3. The van der Waals surface area contributed by atoms with Gasteiger partial charge in [0.05, 0.1) is 13.3 Å². The highest BCUT2D eigenvalue weighted by molar-refractivity contribution is 5.70. The predicted octanol–water partition coefficient (Wildman–Crippen LogP) is 0.986. The minimum atomic E-state index is -0.130. The van der Waals surface area contributed by atoms with Crippen molar-refractivity contribution in [2.24, 2.45) is 0 Å². The first-order valence-electron chi connectivity index (χ1n) is 4.77. The van der Waals surface area contributed by atoms with Crippen molar-refractivity contribution in [2.75, 3.05) is 7.11 Å². The molecule has 0 saturated carbocycles. The van der Waals surface area contributed by atoms with Crippen LogP contribution in [-0.4, -0.2) is 21.6 Å². The van der Waals surface area contributed by atoms with E-state index in [9.17, 15) is 4.79 Å². The van der Waals surface area contributed by atoms with Gasteiger partial charge in [0.2, 0.25) is 5.88 Å². The highest BCUT2D eigenvalue weighted by atomic mass is 16.5. The molecular weight excluding hydrogens is 206 g/mol. The molecule has 0 saturated heterocycles. The second-order valence-corrected chi connectivity index (χ2v) is 3.19. The molecule has 16 heavy (non-hydrogen) atoms. The number of methoxy groups -OCH3 is 1. The fourth-order valence-corrected chi connectivity index (χ4v) is 1.44. The second-order valence-electron chi connectivity index (χ2n) is 3.19. The molecule has 0 spiro atoms. The van der Waals surface area contributed by atoms with Crippen LogP contribution in [0, 0.1) is 0 Å². The Kier molecular flexibility index (Phi) is 2.68. The molecule has 0 bridgehead atoms. The van der Waals surface area contributed by atoms with E-state index in [2.05, 4.69) is 16.5 Å². The van der Waals surface area contributed by atoms with Gasteiger partial charge < -0.3 is 4.74 Å². The first-order valence-corrected chi connectivity index (χ1v) is 4.77. The van der Waals surface area contributed by atoms with Crippen molar-refractivity contribution in [3.8, 4) is 5.88 Å². The summed E-state index contributed by atoms with van der Waals surface area (Å²) in [6.45, 7) is 4.01. The van der Waals surface area contributed by atoms with Gasteiger partial charge in [-0.25, -0.2) is 4.98 Å². The molecule has 0 atom stereocenters. The Morgan fingerprint density at radius 3 is 3.06 bits per heavy atom. The molecule has 5 heteroatoms. The van der Waals surface area contributed by atoms with Crippen molar-refractivity contribution in [2.45, 2.75) is 6.54 Å². The molecule has 0 aliphatic rings. The van der Waals surface area contributed by atoms with Gasteiger partial charge in [0.15, 0.2) is 5.65 Å². The minimum absolute atomic E-state index is 0.130. The Morgan fingerprint density at radius 2 is 2.38 bits per heavy atom. The maximum absolute atomic E-state index is 11.6. The Balaban J connectivity index is 2.77. The third kappa shape index (κ3) is 1.67. The fraction of sp³-hybridized carbons (Fsp3) is 0.182. The molecule has 82 valence electrons. The highest BCUT2D eigenvalue weighted by Gasteiger charge is 2.05. The van der Waals surface area contributed by atoms with Crippen molar-refractivity contribution >= 4 is 11.2 Å². The number of allylic oxidation sites excluding steroid dienone is 1. The number of fused-ring (bicyclic) bond motifs is 1. The van der Waals surface area contributed by atoms with Gasteiger partial charge in [-0.3, -0.25) is 9.36 Å². The van der Waals surface area contributed by atoms with Crippen molar-refractivity contribution in [3.05, 3.63) is 41.3 Å². The van der Waals surface area contributed by atoms with E-state index in [0.717, 1.165) is 0 Å². The summed E-state index contributed by atoms with van der Waals surface area (Å²) >= 11 is 0. The van der Waals surface area contributed by atoms with E-state index in [1.54, 1.807) is 12.1 Å². The van der Waals surface area contributed by atoms with E-state index in [1.165, 1.54) is 23.9 Å². The Labute approximate surface area is 92.0 Å². The van der Waals surface area contributed by atoms with Gasteiger partial charge in [0.1, 0.15) is 5.52 Å². The average molecular weight is 217 g/mol. The van der Waals surface area contributed by atoms with Crippen LogP contribution in [0.25, 0.3) is 11.2 Å². The third-order valence-corrected chi connectivity index (χ3v) is 2.19. The average Bonchev–Trinajstić information content (AvgIpc) is 2.32. The van der Waals surface area contributed by atoms with Crippen molar-refractivity contribution in [1.82, 2.24) is 14.5 Å². The second kappa shape index (κ2) is 4.14. The molecule has 2 rings (SSSR count). The summed E-state index contributed by atoms with van der Waals surface area (Å²) in [5.74, 6) is 0.385. The summed E-state index contributed by atoms with van der Waals surface area (Å²) < 4.78 is 6.48. The van der Waals surface area contributed by atoms with Crippen LogP contribution < -0.4 is 10.3 Å². The van der Waals surface area contributed by atoms with Crippen LogP contribution in [0.2, 0.25) is 0 Å². The molecule has 0 N–H and O–H groups in total. The Bertz CT molecular complexity index is 589. The van der Waals surface area contributed by atoms with Gasteiger partial charge in [0, 0.05) is 12.6 Å². The van der Waals surface area contributed by atoms with Crippen LogP contribution in [0.5, 0.6) is 5.88 Å². The van der Waals surface area contributed by atoms with Gasteiger partial charge in [-0.15, -0.1) is 6.58 Å². The topological polar surface area (TPSA) is 57.0 Å². The lowest BCUT2D eigenvalue weighted by Gasteiger charge is -2.06. The zero-order chi connectivity index (χ0) is 11.5. The van der Waals surface area contributed by atoms with Crippen molar-refractivity contribution in [1.29, 1.82) is 0 Å². The fourth-order valence-electron chi connectivity index (χ4n) is 1.44. The standard InChI is InChI=1S/C11H11N3O2/c1-3-6-14-10(15)5-4-8-11(14)13-9(16-2)7-12-8/h3-5,7H,1,6H2,2H3. The quantitative estimate of drug-likeness (QED) is 0.719. The normalized spacial score (nSPS) is 10.3. The van der Waals surface area contributed by atoms with E-state index in [0.29, 0.717) is 23.6 Å². The lowest BCUT2D eigenvalue weighted by Crippen LogP contribution is -2.19. The van der Waals surface area contributed by atoms with Crippen LogP contribution >= 0.6 is 0 Å². The van der Waals surface area contributed by atoms with Crippen LogP contribution in [0.4, 0.5) is 0 Å². The number of nitrogens with zero attached hydrogens (tertiary/aromatic N) is 3. The zero-order valence-corrected chi connectivity index (χ0v) is 8.88. The summed E-state index contributed by atoms with van der Waals surface area (Å²) in [6.07, 6.45) is 3.16. The molecule has 0 fully saturated rings. The first kappa shape index (κ1) is 10.4. The Hall–Kier alpha value is -2.17. The Morgan fingerprint density at radius 1 is 1.56 bits per heavy atom. The summed E-state index contributed by atoms with van der Waals surface area (Å²) in [6, 6.07) is 3.11. The monoisotopic (exact) mass is 217 g/mol. The molecule has 0 radical (unpaired) electrons. The van der Waals surface area contributed by atoms with Crippen LogP contribution in [0.15, 0.2) is 35.8 Å². The van der Waals surface area contributed by atoms with Crippen LogP contribution in [0.3, 0.4) is 0 Å². The predicted molar refractivity (Wildman–Crippen MR) is 60.5 cm³/mol. The van der Waals surface area contributed by atoms with Crippen molar-refractivity contribution < 1.29 is 4.74 Å². The van der Waals surface area contributed by atoms with Gasteiger partial charge in [-0.2, -0.15) is 4.98 Å². The zero-order valence-electron chi connectivity index (χ0n) is 8.88. The summed E-state index contributed by atoms with van der Waals surface area (Å²) in [5.41, 5.74) is 1.03. The summed E-state index contributed by atoms with van der Waals surface area (Å²) in [7, 11) is 1.51. The smallest absolute Gasteiger partial charge is 0.252 e. The number of ether oxygens (including phenoxy) is 1. The van der Waals surface area contributed by atoms with Gasteiger partial charge >= 0.3 is 0 Å². The number of hydrogen-bond acceptors (Lipinski definition) is 4. The van der Waals surface area contributed by atoms with E-state index in [1.807, 2.05) is 0 Å². The third-order valence-electron chi connectivity index (χ3n) is 2.19. The SMILES string of the molecule is C=CCn1c(=O)ccc2ncc(OC)nc21. The molecule has 0 aromatic carbocycles. The van der Waals surface area contributed by atoms with Crippen molar-refractivity contribution in [3.63, 3.8) is 0 Å². The summed E-state index contributed by atoms with van der Waals surface area (Å²) in [5, 5.41) is 0. The first-order chi connectivity index (χ1) is 7.76. The molecule has 0 unspecified atom stereocenters. The van der Waals surface area contributed by atoms with E-state index >= 15 is 0 Å². The number of pyridine rings is 1. The maximum atomic E-state index is 11.6. The van der Waals surface area contributed by atoms with Gasteiger partial charge in [0.25, 0.3) is 5.56 Å². The lowest BCUT2D eigenvalue weighted by molar-refractivity contribution is 0.397. The molecule has 2 heterocycles. The number of hydrogen-bond donors (Lipinski definition) is 0. The molecule has 0 amide bonds. The van der Waals surface area contributed by atoms with E-state index < -0.39 is 0 Å². The van der Waals surface area contributed by atoms with Gasteiger partial charge in [-0.05, 0) is 6.07 Å². The molecular formula is C11H11N3O2. The van der Waals surface area contributed by atoms with E-state index in [4.69, 9.17) is 4.74 Å². The maximum Gasteiger partial charge on any atom is 0.252 e. The largest absolute Gasteiger partial charge is 0.480 e. The van der Waals surface area contributed by atoms with Gasteiger partial charge in [-0.1, -0.05) is 6.08 Å². The molecule has 2 aromatic heterocycles. The minimum Gasteiger partial charge on any atom is -0.480 e. The molecule has 2 aromatic rings. The molecule has 5 nitrogen and oxygen atoms in total. The lowest BCUT2D eigenvalue weighted by atomic mass is 10.4. The van der Waals surface area contributed by atoms with Crippen LogP contribution in [0.1, 0.15) is 0 Å². The molecule has 0 aliphatic carbocycles.